The van der Waals surface area contributed by atoms with Crippen molar-refractivity contribution in [3.05, 3.63) is 47.5 Å². The topological polar surface area (TPSA) is 384 Å². The molecule has 58 heavy (non-hydrogen) atoms. The molecule has 0 bridgehead atoms. The number of carbonyl (C=O) groups is 3. The third-order valence-electron chi connectivity index (χ3n) is 7.60. The van der Waals surface area contributed by atoms with Gasteiger partial charge in [0, 0.05) is 35.7 Å². The van der Waals surface area contributed by atoms with Gasteiger partial charge in [-0.25, -0.2) is 33.4 Å². The van der Waals surface area contributed by atoms with Crippen LogP contribution in [0.4, 0.5) is 5.82 Å². The Morgan fingerprint density at radius 2 is 1.67 bits per heavy atom. The number of carboxylic acids is 1. The van der Waals surface area contributed by atoms with Crippen LogP contribution < -0.4 is 16.4 Å². The van der Waals surface area contributed by atoms with E-state index < -0.39 is 84.6 Å². The fraction of sp³-hybridized carbons (Fsp3) is 0.500. The molecule has 4 rings (SSSR count). The molecule has 25 nitrogen and oxygen atoms in total. The number of rotatable bonds is 19. The number of aliphatic hydroxyl groups excluding tert-OH is 2. The number of benzene rings is 1. The second kappa shape index (κ2) is 20.9. The van der Waals surface area contributed by atoms with Gasteiger partial charge in [-0.05, 0) is 24.3 Å². The van der Waals surface area contributed by atoms with Crippen LogP contribution in [0.3, 0.4) is 0 Å². The highest BCUT2D eigenvalue weighted by Crippen LogP contribution is 2.61. The average Bonchev–Trinajstić information content (AvgIpc) is 3.69. The summed E-state index contributed by atoms with van der Waals surface area (Å²) in [5.41, 5.74) is 4.55. The molecule has 0 aliphatic carbocycles. The molecule has 11 N–H and O–H groups in total. The number of aromatic nitrogens is 4. The lowest BCUT2D eigenvalue weighted by molar-refractivity contribution is -0.137. The average molecular weight is 924 g/mol. The smallest absolute Gasteiger partial charge is 0.478 e. The van der Waals surface area contributed by atoms with Crippen LogP contribution in [0.15, 0.2) is 36.9 Å². The molecule has 2 unspecified atom stereocenters. The molecule has 1 aromatic carbocycles. The first-order valence-corrected chi connectivity index (χ1v) is 21.9. The summed E-state index contributed by atoms with van der Waals surface area (Å²) in [6, 6.07) is 6.02. The highest BCUT2D eigenvalue weighted by molar-refractivity contribution is 7.80. The number of halogens is 1. The summed E-state index contributed by atoms with van der Waals surface area (Å²) in [5, 5.41) is 35.1. The van der Waals surface area contributed by atoms with Crippen molar-refractivity contribution in [3.63, 3.8) is 0 Å². The number of aliphatic hydroxyl groups is 2. The number of nitrogens with zero attached hydrogens (tertiary/aromatic N) is 4. The van der Waals surface area contributed by atoms with Crippen LogP contribution in [0.5, 0.6) is 0 Å². The summed E-state index contributed by atoms with van der Waals surface area (Å²) in [7, 11) is -16.3. The standard InChI is InChI=1S/C21H36N7O16P3S.C7H5ClO2/c1-21(2,16(31)19(32)24-4-3-12(29)23-5-6-48)8-41-47(38,39)44-46(36,37)40-7-11-15(43-45(33,34)35)14(30)20(42-11)28-10-27-13-17(22)25-9-26-18(13)28;8-6-3-1-5(2-4-6)7(9)10/h9-11,14-16,20,30-31,48H,3-8H2,1-2H3,(H,23,29)(H,24,32)(H,36,37)(H,38,39)(H2,22,25,26)(H2,33,34,35);1-4H,(H,9,10)/t11-,14-,15-,16+,20-;/m1./s1. The number of nitrogens with two attached hydrogens (primary N) is 1. The molecule has 2 aromatic heterocycles. The van der Waals surface area contributed by atoms with E-state index in [1.54, 1.807) is 12.1 Å². The van der Waals surface area contributed by atoms with E-state index in [-0.39, 0.29) is 41.4 Å². The predicted octanol–water partition coefficient (Wildman–Crippen LogP) is 0.373. The maximum absolute atomic E-state index is 12.6. The summed E-state index contributed by atoms with van der Waals surface area (Å²) >= 11 is 9.47. The fourth-order valence-electron chi connectivity index (χ4n) is 4.73. The normalized spacial score (nSPS) is 20.9. The van der Waals surface area contributed by atoms with Crippen LogP contribution in [0.25, 0.3) is 11.2 Å². The highest BCUT2D eigenvalue weighted by atomic mass is 35.5. The Balaban J connectivity index is 0.000000781. The largest absolute Gasteiger partial charge is 0.481 e. The van der Waals surface area contributed by atoms with Crippen molar-refractivity contribution in [2.24, 2.45) is 5.41 Å². The van der Waals surface area contributed by atoms with Crippen molar-refractivity contribution in [1.29, 1.82) is 0 Å². The molecule has 1 aliphatic heterocycles. The van der Waals surface area contributed by atoms with Gasteiger partial charge in [0.05, 0.1) is 25.1 Å². The number of fused-ring (bicyclic) bond motifs is 1. The number of aromatic carboxylic acids is 1. The molecular weight excluding hydrogens is 883 g/mol. The Morgan fingerprint density at radius 1 is 1.03 bits per heavy atom. The van der Waals surface area contributed by atoms with Crippen molar-refractivity contribution >= 4 is 82.5 Å². The van der Waals surface area contributed by atoms with Gasteiger partial charge in [0.1, 0.15) is 36.3 Å². The molecule has 1 fully saturated rings. The minimum Gasteiger partial charge on any atom is -0.478 e. The number of anilines is 1. The van der Waals surface area contributed by atoms with E-state index in [1.165, 1.54) is 26.0 Å². The lowest BCUT2D eigenvalue weighted by Gasteiger charge is -2.30. The molecule has 324 valence electrons. The number of nitrogens with one attached hydrogen (secondary N) is 2. The number of phosphoric acid groups is 3. The molecule has 0 spiro atoms. The lowest BCUT2D eigenvalue weighted by atomic mass is 9.87. The van der Waals surface area contributed by atoms with Crippen LogP contribution in [0, 0.1) is 5.41 Å². The zero-order valence-corrected chi connectivity index (χ0v) is 34.6. The summed E-state index contributed by atoms with van der Waals surface area (Å²) in [6.45, 7) is 0.723. The number of carbonyl (C=O) groups excluding carboxylic acids is 2. The Labute approximate surface area is 339 Å². The Hall–Kier alpha value is -3.13. The molecule has 3 heterocycles. The maximum atomic E-state index is 12.6. The molecule has 1 aliphatic rings. The number of imidazole rings is 1. The van der Waals surface area contributed by atoms with Crippen molar-refractivity contribution in [3.8, 4) is 0 Å². The van der Waals surface area contributed by atoms with Crippen molar-refractivity contribution in [1.82, 2.24) is 30.2 Å². The van der Waals surface area contributed by atoms with E-state index >= 15 is 0 Å². The van der Waals surface area contributed by atoms with Crippen molar-refractivity contribution in [2.45, 2.75) is 50.9 Å². The molecule has 0 radical (unpaired) electrons. The van der Waals surface area contributed by atoms with E-state index in [9.17, 15) is 57.9 Å². The predicted molar refractivity (Wildman–Crippen MR) is 202 cm³/mol. The first-order chi connectivity index (χ1) is 26.9. The van der Waals surface area contributed by atoms with Gasteiger partial charge in [-0.3, -0.25) is 27.7 Å². The SMILES string of the molecule is CC(C)(COP(=O)(O)OP(=O)(O)OC[C@H]1O[C@@H](n2cnc3c(N)ncnc32)[C@H](O)[C@@H]1OP(=O)(O)O)[C@@H](O)C(=O)NCCC(=O)NCCS.O=C(O)c1ccc(Cl)cc1. The van der Waals surface area contributed by atoms with Crippen molar-refractivity contribution < 1.29 is 85.6 Å². The maximum Gasteiger partial charge on any atom is 0.481 e. The summed E-state index contributed by atoms with van der Waals surface area (Å²) < 4.78 is 61.7. The zero-order chi connectivity index (χ0) is 43.6. The second-order valence-corrected chi connectivity index (χ2v) is 17.7. The molecule has 0 saturated carbocycles. The number of carboxylic acid groups (broad SMARTS) is 1. The number of hydrogen-bond acceptors (Lipinski definition) is 18. The van der Waals surface area contributed by atoms with Gasteiger partial charge in [-0.2, -0.15) is 16.9 Å². The summed E-state index contributed by atoms with van der Waals surface area (Å²) in [4.78, 5) is 84.9. The van der Waals surface area contributed by atoms with Gasteiger partial charge in [-0.1, -0.05) is 25.4 Å². The Morgan fingerprint density at radius 3 is 2.28 bits per heavy atom. The molecule has 2 amide bonds. The quantitative estimate of drug-likeness (QED) is 0.0571. The van der Waals surface area contributed by atoms with Crippen LogP contribution in [-0.2, 0) is 45.9 Å². The zero-order valence-electron chi connectivity index (χ0n) is 30.2. The first-order valence-electron chi connectivity index (χ1n) is 16.3. The third kappa shape index (κ3) is 14.9. The third-order valence-corrected chi connectivity index (χ3v) is 11.2. The second-order valence-electron chi connectivity index (χ2n) is 12.6. The molecule has 1 saturated heterocycles. The Bertz CT molecular complexity index is 2040. The van der Waals surface area contributed by atoms with E-state index in [2.05, 4.69) is 47.0 Å². The number of thiol groups is 1. The Kier molecular flexibility index (Phi) is 17.7. The number of phosphoric ester groups is 3. The van der Waals surface area contributed by atoms with Gasteiger partial charge >= 0.3 is 29.4 Å². The molecule has 30 heteroatoms. The van der Waals surface area contributed by atoms with Gasteiger partial charge in [0.25, 0.3) is 0 Å². The van der Waals surface area contributed by atoms with E-state index in [0.29, 0.717) is 17.3 Å². The minimum atomic E-state index is -5.54. The van der Waals surface area contributed by atoms with Gasteiger partial charge in [0.15, 0.2) is 17.7 Å². The van der Waals surface area contributed by atoms with Gasteiger partial charge in [0.2, 0.25) is 11.8 Å². The molecular formula is C28H41ClN7O18P3S. The van der Waals surface area contributed by atoms with Crippen LogP contribution in [0.1, 0.15) is 36.9 Å². The lowest BCUT2D eigenvalue weighted by Crippen LogP contribution is -2.46. The number of nitrogen functional groups attached to an aromatic ring is 1. The number of amides is 2. The summed E-state index contributed by atoms with van der Waals surface area (Å²) in [5.74, 6) is -1.88. The first kappa shape index (κ1) is 49.2. The monoisotopic (exact) mass is 923 g/mol. The van der Waals surface area contributed by atoms with Crippen LogP contribution >= 0.6 is 47.7 Å². The molecule has 7 atom stereocenters. The minimum absolute atomic E-state index is 0.0363. The highest BCUT2D eigenvalue weighted by Gasteiger charge is 2.50. The fourth-order valence-corrected chi connectivity index (χ4v) is 7.79. The van der Waals surface area contributed by atoms with Crippen LogP contribution in [0.2, 0.25) is 5.02 Å². The van der Waals surface area contributed by atoms with Crippen molar-refractivity contribution in [2.75, 3.05) is 37.8 Å². The van der Waals surface area contributed by atoms with E-state index in [4.69, 9.17) is 36.2 Å². The number of ether oxygens (including phenoxy) is 1. The summed E-state index contributed by atoms with van der Waals surface area (Å²) in [6.07, 6.45) is -6.74. The van der Waals surface area contributed by atoms with Crippen LogP contribution in [-0.4, -0.2) is 129 Å². The molecule has 3 aromatic rings. The van der Waals surface area contributed by atoms with E-state index in [1.807, 2.05) is 0 Å². The number of hydrogen-bond donors (Lipinski definition) is 11. The van der Waals surface area contributed by atoms with E-state index in [0.717, 1.165) is 17.2 Å². The van der Waals surface area contributed by atoms with Gasteiger partial charge < -0.3 is 56.0 Å². The van der Waals surface area contributed by atoms with Gasteiger partial charge in [-0.15, -0.1) is 0 Å².